The van der Waals surface area contributed by atoms with E-state index in [1.54, 1.807) is 0 Å². The van der Waals surface area contributed by atoms with Gasteiger partial charge in [-0.25, -0.2) is 0 Å². The van der Waals surface area contributed by atoms with Crippen LogP contribution in [0.1, 0.15) is 406 Å². The van der Waals surface area contributed by atoms with Gasteiger partial charge >= 0.3 is 17.9 Å². The van der Waals surface area contributed by atoms with Crippen molar-refractivity contribution in [3.8, 4) is 0 Å². The lowest BCUT2D eigenvalue weighted by Crippen LogP contribution is -2.30. The van der Waals surface area contributed by atoms with Crippen molar-refractivity contribution in [3.63, 3.8) is 0 Å². The topological polar surface area (TPSA) is 78.9 Å². The third kappa shape index (κ3) is 66.6. The van der Waals surface area contributed by atoms with E-state index in [0.717, 1.165) is 64.2 Å². The zero-order chi connectivity index (χ0) is 57.1. The number of ether oxygens (including phenoxy) is 3. The molecule has 0 rings (SSSR count). The summed E-state index contributed by atoms with van der Waals surface area (Å²) in [6, 6.07) is 0. The molecule has 466 valence electrons. The minimum absolute atomic E-state index is 0.0629. The van der Waals surface area contributed by atoms with E-state index in [-0.39, 0.29) is 31.1 Å². The number of hydrogen-bond donors (Lipinski definition) is 0. The number of carbonyl (C=O) groups is 3. The van der Waals surface area contributed by atoms with E-state index in [1.807, 2.05) is 0 Å². The fourth-order valence-electron chi connectivity index (χ4n) is 11.1. The Morgan fingerprint density at radius 2 is 0.456 bits per heavy atom. The normalized spacial score (nSPS) is 12.1. The van der Waals surface area contributed by atoms with Crippen LogP contribution in [0.2, 0.25) is 0 Å². The van der Waals surface area contributed by atoms with Crippen LogP contribution in [0.4, 0.5) is 0 Å². The zero-order valence-corrected chi connectivity index (χ0v) is 53.7. The van der Waals surface area contributed by atoms with Crippen molar-refractivity contribution in [1.29, 1.82) is 0 Å². The number of unbranched alkanes of at least 4 members (excludes halogenated alkanes) is 52. The van der Waals surface area contributed by atoms with E-state index in [9.17, 15) is 14.4 Å². The summed E-state index contributed by atoms with van der Waals surface area (Å²) in [5, 5.41) is 0. The minimum Gasteiger partial charge on any atom is -0.462 e. The Morgan fingerprint density at radius 3 is 0.696 bits per heavy atom. The summed E-state index contributed by atoms with van der Waals surface area (Å²) in [5.74, 6) is -0.831. The maximum Gasteiger partial charge on any atom is 0.306 e. The summed E-state index contributed by atoms with van der Waals surface area (Å²) in [7, 11) is 0. The zero-order valence-electron chi connectivity index (χ0n) is 53.7. The molecule has 0 spiro atoms. The lowest BCUT2D eigenvalue weighted by atomic mass is 10.0. The smallest absolute Gasteiger partial charge is 0.306 e. The average molecular weight is 1110 g/mol. The number of rotatable bonds is 67. The second-order valence-corrected chi connectivity index (χ2v) is 24.5. The van der Waals surface area contributed by atoms with Gasteiger partial charge in [0.2, 0.25) is 0 Å². The van der Waals surface area contributed by atoms with Gasteiger partial charge in [0.15, 0.2) is 6.10 Å². The van der Waals surface area contributed by atoms with Crippen molar-refractivity contribution >= 4 is 17.9 Å². The largest absolute Gasteiger partial charge is 0.462 e. The first kappa shape index (κ1) is 76.9. The Hall–Kier alpha value is -2.11. The molecule has 6 heteroatoms. The summed E-state index contributed by atoms with van der Waals surface area (Å²) in [6.07, 6.45) is 83.7. The Labute approximate surface area is 493 Å². The van der Waals surface area contributed by atoms with Crippen molar-refractivity contribution < 1.29 is 28.6 Å². The van der Waals surface area contributed by atoms with E-state index in [1.165, 1.54) is 302 Å². The summed E-state index contributed by atoms with van der Waals surface area (Å²) in [6.45, 7) is 6.70. The number of carbonyl (C=O) groups excluding carboxylic acids is 3. The van der Waals surface area contributed by atoms with Crippen LogP contribution in [0, 0.1) is 0 Å². The van der Waals surface area contributed by atoms with Crippen LogP contribution >= 0.6 is 0 Å². The fourth-order valence-corrected chi connectivity index (χ4v) is 11.1. The first-order valence-corrected chi connectivity index (χ1v) is 35.8. The molecule has 0 bridgehead atoms. The SMILES string of the molecule is CCCCCCC/C=C\C/C=C\CCCCCCCCCCCCCCCCCCCCCCCC(=O)OCC(COC(=O)CCCCCCCCCCCCC)OC(=O)CCCCCCCCCCCCCCCCCCC. The third-order valence-corrected chi connectivity index (χ3v) is 16.5. The van der Waals surface area contributed by atoms with Crippen LogP contribution in [0.5, 0.6) is 0 Å². The number of hydrogen-bond acceptors (Lipinski definition) is 6. The molecular formula is C73H138O6. The second-order valence-electron chi connectivity index (χ2n) is 24.5. The molecule has 0 aromatic heterocycles. The van der Waals surface area contributed by atoms with Gasteiger partial charge in [0, 0.05) is 19.3 Å². The predicted octanol–water partition coefficient (Wildman–Crippen LogP) is 24.6. The van der Waals surface area contributed by atoms with Crippen molar-refractivity contribution in [2.45, 2.75) is 412 Å². The fraction of sp³-hybridized carbons (Fsp3) is 0.904. The Bertz CT molecular complexity index is 1270. The van der Waals surface area contributed by atoms with Crippen molar-refractivity contribution in [2.24, 2.45) is 0 Å². The van der Waals surface area contributed by atoms with Crippen LogP contribution in [-0.4, -0.2) is 37.2 Å². The molecule has 0 saturated carbocycles. The van der Waals surface area contributed by atoms with Crippen molar-refractivity contribution in [1.82, 2.24) is 0 Å². The number of allylic oxidation sites excluding steroid dienone is 4. The molecule has 79 heavy (non-hydrogen) atoms. The second kappa shape index (κ2) is 68.4. The van der Waals surface area contributed by atoms with Crippen molar-refractivity contribution in [3.05, 3.63) is 24.3 Å². The van der Waals surface area contributed by atoms with Crippen LogP contribution in [0.25, 0.3) is 0 Å². The molecule has 0 heterocycles. The summed E-state index contributed by atoms with van der Waals surface area (Å²) in [4.78, 5) is 38.3. The highest BCUT2D eigenvalue weighted by Crippen LogP contribution is 2.19. The number of esters is 3. The average Bonchev–Trinajstić information content (AvgIpc) is 3.45. The highest BCUT2D eigenvalue weighted by molar-refractivity contribution is 5.71. The molecule has 0 aliphatic carbocycles. The summed E-state index contributed by atoms with van der Waals surface area (Å²) in [5.41, 5.74) is 0. The highest BCUT2D eigenvalue weighted by Gasteiger charge is 2.19. The van der Waals surface area contributed by atoms with E-state index in [0.29, 0.717) is 19.3 Å². The molecule has 0 aromatic rings. The van der Waals surface area contributed by atoms with E-state index < -0.39 is 6.10 Å². The molecule has 1 atom stereocenters. The van der Waals surface area contributed by atoms with Crippen molar-refractivity contribution in [2.75, 3.05) is 13.2 Å². The van der Waals surface area contributed by atoms with Crippen LogP contribution < -0.4 is 0 Å². The summed E-state index contributed by atoms with van der Waals surface area (Å²) >= 11 is 0. The van der Waals surface area contributed by atoms with Gasteiger partial charge in [-0.05, 0) is 51.4 Å². The van der Waals surface area contributed by atoms with Crippen LogP contribution in [0.15, 0.2) is 24.3 Å². The van der Waals surface area contributed by atoms with Gasteiger partial charge in [-0.1, -0.05) is 360 Å². The molecule has 0 aliphatic heterocycles. The maximum atomic E-state index is 12.9. The van der Waals surface area contributed by atoms with Crippen LogP contribution in [-0.2, 0) is 28.6 Å². The van der Waals surface area contributed by atoms with Gasteiger partial charge in [-0.3, -0.25) is 14.4 Å². The molecule has 0 fully saturated rings. The lowest BCUT2D eigenvalue weighted by molar-refractivity contribution is -0.167. The van der Waals surface area contributed by atoms with Gasteiger partial charge in [-0.15, -0.1) is 0 Å². The standard InChI is InChI=1S/C73H138O6/c1-4-7-10-13-16-19-22-24-26-28-29-30-31-32-33-34-35-36-37-38-39-40-41-42-43-45-46-48-51-54-57-60-63-66-72(75)78-69-70(68-77-71(74)65-62-59-56-53-50-21-18-15-12-9-6-3)79-73(76)67-64-61-58-55-52-49-47-44-27-25-23-20-17-14-11-8-5-2/h22,24,28-29,70H,4-21,23,25-27,30-69H2,1-3H3/b24-22-,29-28-. The molecule has 0 saturated heterocycles. The van der Waals surface area contributed by atoms with Gasteiger partial charge in [-0.2, -0.15) is 0 Å². The highest BCUT2D eigenvalue weighted by atomic mass is 16.6. The maximum absolute atomic E-state index is 12.9. The molecule has 0 N–H and O–H groups in total. The molecule has 0 aliphatic rings. The van der Waals surface area contributed by atoms with Gasteiger partial charge in [0.05, 0.1) is 0 Å². The summed E-state index contributed by atoms with van der Waals surface area (Å²) < 4.78 is 17.0. The van der Waals surface area contributed by atoms with Gasteiger partial charge in [0.25, 0.3) is 0 Å². The van der Waals surface area contributed by atoms with Crippen LogP contribution in [0.3, 0.4) is 0 Å². The van der Waals surface area contributed by atoms with E-state index in [2.05, 4.69) is 45.1 Å². The Kier molecular flexibility index (Phi) is 66.6. The Balaban J connectivity index is 4.05. The molecule has 0 aromatic carbocycles. The van der Waals surface area contributed by atoms with Gasteiger partial charge < -0.3 is 14.2 Å². The van der Waals surface area contributed by atoms with E-state index >= 15 is 0 Å². The molecule has 0 radical (unpaired) electrons. The lowest BCUT2D eigenvalue weighted by Gasteiger charge is -2.18. The molecule has 1 unspecified atom stereocenters. The first-order chi connectivity index (χ1) is 39.0. The first-order valence-electron chi connectivity index (χ1n) is 35.8. The Morgan fingerprint density at radius 1 is 0.253 bits per heavy atom. The van der Waals surface area contributed by atoms with Gasteiger partial charge in [0.1, 0.15) is 13.2 Å². The predicted molar refractivity (Wildman–Crippen MR) is 344 cm³/mol. The molecular weight excluding hydrogens is 973 g/mol. The van der Waals surface area contributed by atoms with E-state index in [4.69, 9.17) is 14.2 Å². The molecule has 0 amide bonds. The quantitative estimate of drug-likeness (QED) is 0.0261. The molecule has 6 nitrogen and oxygen atoms in total. The third-order valence-electron chi connectivity index (χ3n) is 16.5. The monoisotopic (exact) mass is 1110 g/mol. The minimum atomic E-state index is -0.765.